The molecule has 5 nitrogen and oxygen atoms in total. The van der Waals surface area contributed by atoms with Crippen LogP contribution in [0.4, 0.5) is 0 Å². The molecule has 0 saturated heterocycles. The maximum absolute atomic E-state index is 10.9. The van der Waals surface area contributed by atoms with Gasteiger partial charge in [-0.2, -0.15) is 4.68 Å². The Morgan fingerprint density at radius 2 is 2.00 bits per heavy atom. The number of aryl methyl sites for hydroxylation is 1. The maximum atomic E-state index is 10.9. The first-order chi connectivity index (χ1) is 10.7. The molecule has 0 aliphatic rings. The zero-order valence-electron chi connectivity index (χ0n) is 13.2. The van der Waals surface area contributed by atoms with Crippen molar-refractivity contribution in [2.45, 2.75) is 51.1 Å². The molecule has 0 fully saturated rings. The zero-order valence-corrected chi connectivity index (χ0v) is 14.0. The van der Waals surface area contributed by atoms with Crippen molar-refractivity contribution in [3.8, 4) is 5.69 Å². The Kier molecular flexibility index (Phi) is 6.58. The van der Waals surface area contributed by atoms with Crippen molar-refractivity contribution in [2.75, 3.05) is 5.75 Å². The second kappa shape index (κ2) is 8.68. The summed E-state index contributed by atoms with van der Waals surface area (Å²) in [4.78, 5) is 10.9. The van der Waals surface area contributed by atoms with Gasteiger partial charge in [0.1, 0.15) is 5.78 Å². The van der Waals surface area contributed by atoms with E-state index in [1.807, 2.05) is 0 Å². The normalized spacial score (nSPS) is 10.8. The highest BCUT2D eigenvalue weighted by molar-refractivity contribution is 7.99. The van der Waals surface area contributed by atoms with E-state index < -0.39 is 0 Å². The minimum absolute atomic E-state index is 0.225. The molecule has 118 valence electrons. The second-order valence-corrected chi connectivity index (χ2v) is 6.36. The molecule has 2 aromatic rings. The van der Waals surface area contributed by atoms with Crippen LogP contribution in [0, 0.1) is 0 Å². The van der Waals surface area contributed by atoms with Gasteiger partial charge in [0, 0.05) is 12.2 Å². The van der Waals surface area contributed by atoms with Gasteiger partial charge in [-0.1, -0.05) is 37.2 Å². The summed E-state index contributed by atoms with van der Waals surface area (Å²) in [5, 5.41) is 12.6. The third-order valence-corrected chi connectivity index (χ3v) is 4.35. The minimum Gasteiger partial charge on any atom is -0.300 e. The van der Waals surface area contributed by atoms with E-state index in [2.05, 4.69) is 46.7 Å². The third kappa shape index (κ3) is 4.94. The summed E-state index contributed by atoms with van der Waals surface area (Å²) in [6.45, 7) is 3.82. The lowest BCUT2D eigenvalue weighted by atomic mass is 10.1. The first-order valence-electron chi connectivity index (χ1n) is 7.70. The summed E-state index contributed by atoms with van der Waals surface area (Å²) in [5.41, 5.74) is 2.31. The molecule has 0 unspecified atom stereocenters. The highest BCUT2D eigenvalue weighted by Gasteiger charge is 2.09. The summed E-state index contributed by atoms with van der Waals surface area (Å²) < 4.78 is 1.75. The zero-order chi connectivity index (χ0) is 15.8. The van der Waals surface area contributed by atoms with Gasteiger partial charge in [-0.05, 0) is 54.3 Å². The van der Waals surface area contributed by atoms with Gasteiger partial charge in [-0.15, -0.1) is 5.10 Å². The van der Waals surface area contributed by atoms with E-state index in [0.717, 1.165) is 29.4 Å². The molecule has 0 amide bonds. The molecular formula is C16H22N4OS. The van der Waals surface area contributed by atoms with Crippen molar-refractivity contribution in [3.63, 3.8) is 0 Å². The van der Waals surface area contributed by atoms with Crippen molar-refractivity contribution in [2.24, 2.45) is 0 Å². The number of carbonyl (C=O) groups is 1. The number of hydrogen-bond donors (Lipinski definition) is 0. The highest BCUT2D eigenvalue weighted by Crippen LogP contribution is 2.20. The maximum Gasteiger partial charge on any atom is 0.214 e. The lowest BCUT2D eigenvalue weighted by Gasteiger charge is -2.05. The minimum atomic E-state index is 0.225. The van der Waals surface area contributed by atoms with Gasteiger partial charge < -0.3 is 4.79 Å². The first-order valence-corrected chi connectivity index (χ1v) is 8.69. The van der Waals surface area contributed by atoms with Crippen molar-refractivity contribution < 1.29 is 4.79 Å². The second-order valence-electron chi connectivity index (χ2n) is 5.30. The van der Waals surface area contributed by atoms with E-state index in [0.29, 0.717) is 6.42 Å². The fourth-order valence-corrected chi connectivity index (χ4v) is 2.93. The summed E-state index contributed by atoms with van der Waals surface area (Å²) in [7, 11) is 0. The van der Waals surface area contributed by atoms with Crippen LogP contribution in [-0.2, 0) is 11.2 Å². The van der Waals surface area contributed by atoms with E-state index in [1.165, 1.54) is 18.4 Å². The van der Waals surface area contributed by atoms with Crippen LogP contribution in [0.1, 0.15) is 45.1 Å². The van der Waals surface area contributed by atoms with Crippen molar-refractivity contribution >= 4 is 17.5 Å². The predicted molar refractivity (Wildman–Crippen MR) is 88.4 cm³/mol. The molecule has 0 atom stereocenters. The molecule has 1 aromatic heterocycles. The highest BCUT2D eigenvalue weighted by atomic mass is 32.2. The van der Waals surface area contributed by atoms with Gasteiger partial charge in [-0.25, -0.2) is 0 Å². The summed E-state index contributed by atoms with van der Waals surface area (Å²) >= 11 is 1.58. The average Bonchev–Trinajstić information content (AvgIpc) is 2.98. The molecule has 0 N–H and O–H groups in total. The molecule has 0 aliphatic carbocycles. The molecule has 22 heavy (non-hydrogen) atoms. The summed E-state index contributed by atoms with van der Waals surface area (Å²) in [5.74, 6) is 1.07. The van der Waals surface area contributed by atoms with E-state index in [4.69, 9.17) is 0 Å². The number of ketones is 1. The van der Waals surface area contributed by atoms with Crippen LogP contribution < -0.4 is 0 Å². The van der Waals surface area contributed by atoms with Crippen LogP contribution in [0.3, 0.4) is 0 Å². The van der Waals surface area contributed by atoms with E-state index in [9.17, 15) is 4.79 Å². The Bertz CT molecular complexity index is 594. The lowest BCUT2D eigenvalue weighted by Crippen LogP contribution is -2.00. The Balaban J connectivity index is 1.97. The molecule has 6 heteroatoms. The summed E-state index contributed by atoms with van der Waals surface area (Å²) in [6.07, 6.45) is 4.99. The Morgan fingerprint density at radius 1 is 1.23 bits per heavy atom. The molecule has 0 saturated carbocycles. The molecule has 0 aliphatic heterocycles. The van der Waals surface area contributed by atoms with Crippen molar-refractivity contribution in [1.29, 1.82) is 0 Å². The smallest absolute Gasteiger partial charge is 0.214 e. The van der Waals surface area contributed by atoms with Gasteiger partial charge >= 0.3 is 0 Å². The quantitative estimate of drug-likeness (QED) is 0.523. The summed E-state index contributed by atoms with van der Waals surface area (Å²) in [6, 6.07) is 8.38. The number of thioether (sulfide) groups is 1. The van der Waals surface area contributed by atoms with Crippen LogP contribution in [-0.4, -0.2) is 31.7 Å². The average molecular weight is 318 g/mol. The number of unbranched alkanes of at least 4 members (excludes halogenated alkanes) is 1. The van der Waals surface area contributed by atoms with E-state index in [1.54, 1.807) is 23.4 Å². The molecule has 0 radical (unpaired) electrons. The van der Waals surface area contributed by atoms with Gasteiger partial charge in [0.2, 0.25) is 5.16 Å². The van der Waals surface area contributed by atoms with Crippen LogP contribution >= 0.6 is 11.8 Å². The molecule has 1 heterocycles. The van der Waals surface area contributed by atoms with Gasteiger partial charge in [-0.3, -0.25) is 0 Å². The van der Waals surface area contributed by atoms with Crippen molar-refractivity contribution in [3.05, 3.63) is 29.8 Å². The molecule has 1 aromatic carbocycles. The molecule has 0 spiro atoms. The SMILES string of the molecule is CCCCc1ccc(-n2nnnc2SCCCC(C)=O)cc1. The number of benzene rings is 1. The third-order valence-electron chi connectivity index (χ3n) is 3.35. The van der Waals surface area contributed by atoms with Crippen LogP contribution in [0.15, 0.2) is 29.4 Å². The van der Waals surface area contributed by atoms with Crippen molar-refractivity contribution in [1.82, 2.24) is 20.2 Å². The van der Waals surface area contributed by atoms with Gasteiger partial charge in [0.25, 0.3) is 0 Å². The lowest BCUT2D eigenvalue weighted by molar-refractivity contribution is -0.117. The van der Waals surface area contributed by atoms with Crippen LogP contribution in [0.5, 0.6) is 0 Å². The van der Waals surface area contributed by atoms with Crippen LogP contribution in [0.25, 0.3) is 5.69 Å². The number of tetrazole rings is 1. The number of rotatable bonds is 9. The largest absolute Gasteiger partial charge is 0.300 e. The first kappa shape index (κ1) is 16.7. The number of Topliss-reactive ketones (excluding diaryl/α,β-unsaturated/α-hetero) is 1. The topological polar surface area (TPSA) is 60.7 Å². The fourth-order valence-electron chi connectivity index (χ4n) is 2.10. The fraction of sp³-hybridized carbons (Fsp3) is 0.500. The van der Waals surface area contributed by atoms with Gasteiger partial charge in [0.05, 0.1) is 5.69 Å². The molecule has 2 rings (SSSR count). The number of aromatic nitrogens is 4. The molecular weight excluding hydrogens is 296 g/mol. The Morgan fingerprint density at radius 3 is 2.68 bits per heavy atom. The number of nitrogens with zero attached hydrogens (tertiary/aromatic N) is 4. The van der Waals surface area contributed by atoms with Gasteiger partial charge in [0.15, 0.2) is 0 Å². The Hall–Kier alpha value is -1.69. The monoisotopic (exact) mass is 318 g/mol. The van der Waals surface area contributed by atoms with E-state index >= 15 is 0 Å². The van der Waals surface area contributed by atoms with E-state index in [-0.39, 0.29) is 5.78 Å². The van der Waals surface area contributed by atoms with Crippen LogP contribution in [0.2, 0.25) is 0 Å². The standard InChI is InChI=1S/C16H22N4OS/c1-3-4-7-14-8-10-15(11-9-14)20-16(17-18-19-20)22-12-5-6-13(2)21/h8-11H,3-7,12H2,1-2H3. The number of carbonyl (C=O) groups excluding carboxylic acids is 1. The predicted octanol–water partition coefficient (Wildman–Crippen LogP) is 3.47. The Labute approximate surface area is 135 Å². The molecule has 0 bridgehead atoms. The number of hydrogen-bond acceptors (Lipinski definition) is 5.